The van der Waals surface area contributed by atoms with Gasteiger partial charge in [-0.3, -0.25) is 4.79 Å². The monoisotopic (exact) mass is 367 g/mol. The minimum Gasteiger partial charge on any atom is -0.367 e. The summed E-state index contributed by atoms with van der Waals surface area (Å²) in [5.41, 5.74) is 1.89. The second kappa shape index (κ2) is 8.37. The number of carbonyl (C=O) groups is 1. The highest BCUT2D eigenvalue weighted by molar-refractivity contribution is 5.94. The molecule has 0 atom stereocenters. The summed E-state index contributed by atoms with van der Waals surface area (Å²) >= 11 is 0. The minimum atomic E-state index is 0.0217. The van der Waals surface area contributed by atoms with Gasteiger partial charge in [-0.2, -0.15) is 0 Å². The number of amides is 1. The van der Waals surface area contributed by atoms with Crippen LogP contribution in [0.15, 0.2) is 30.3 Å². The van der Waals surface area contributed by atoms with Gasteiger partial charge in [-0.15, -0.1) is 0 Å². The molecule has 1 aromatic carbocycles. The SMILES string of the molecule is Cc1ccc(C(=O)NC2CCC(Nc3cc(N(C)C)nc(C)n3)CC2)cc1. The number of aromatic nitrogens is 2. The van der Waals surface area contributed by atoms with Crippen LogP contribution in [0.2, 0.25) is 0 Å². The third kappa shape index (κ3) is 5.18. The van der Waals surface area contributed by atoms with E-state index in [0.29, 0.717) is 6.04 Å². The second-order valence-electron chi connectivity index (χ2n) is 7.59. The summed E-state index contributed by atoms with van der Waals surface area (Å²) in [5.74, 6) is 2.57. The van der Waals surface area contributed by atoms with E-state index in [1.807, 2.05) is 63.2 Å². The van der Waals surface area contributed by atoms with Crippen LogP contribution in [0.25, 0.3) is 0 Å². The molecule has 1 amide bonds. The fourth-order valence-electron chi connectivity index (χ4n) is 3.42. The lowest BCUT2D eigenvalue weighted by atomic mass is 9.91. The molecule has 6 nitrogen and oxygen atoms in total. The Morgan fingerprint density at radius 1 is 1.00 bits per heavy atom. The van der Waals surface area contributed by atoms with Gasteiger partial charge in [-0.1, -0.05) is 17.7 Å². The van der Waals surface area contributed by atoms with Gasteiger partial charge in [0.15, 0.2) is 0 Å². The molecule has 144 valence electrons. The zero-order valence-electron chi connectivity index (χ0n) is 16.6. The fourth-order valence-corrected chi connectivity index (χ4v) is 3.42. The van der Waals surface area contributed by atoms with E-state index in [4.69, 9.17) is 0 Å². The lowest BCUT2D eigenvalue weighted by molar-refractivity contribution is 0.0926. The van der Waals surface area contributed by atoms with Gasteiger partial charge in [0.05, 0.1) is 0 Å². The molecule has 1 fully saturated rings. The Morgan fingerprint density at radius 2 is 1.63 bits per heavy atom. The first kappa shape index (κ1) is 19.1. The van der Waals surface area contributed by atoms with E-state index in [1.165, 1.54) is 0 Å². The molecule has 2 aromatic rings. The van der Waals surface area contributed by atoms with Gasteiger partial charge >= 0.3 is 0 Å². The average molecular weight is 367 g/mol. The Labute approximate surface area is 161 Å². The number of hydrogen-bond donors (Lipinski definition) is 2. The molecule has 0 unspecified atom stereocenters. The Kier molecular flexibility index (Phi) is 5.94. The van der Waals surface area contributed by atoms with Gasteiger partial charge < -0.3 is 15.5 Å². The number of rotatable bonds is 5. The smallest absolute Gasteiger partial charge is 0.251 e. The molecular formula is C21H29N5O. The molecule has 1 aromatic heterocycles. The van der Waals surface area contributed by atoms with Gasteiger partial charge in [0.25, 0.3) is 5.91 Å². The number of benzene rings is 1. The molecule has 1 saturated carbocycles. The lowest BCUT2D eigenvalue weighted by Crippen LogP contribution is -2.40. The largest absolute Gasteiger partial charge is 0.367 e. The number of nitrogens with one attached hydrogen (secondary N) is 2. The van der Waals surface area contributed by atoms with Gasteiger partial charge in [-0.05, 0) is 51.7 Å². The van der Waals surface area contributed by atoms with Crippen LogP contribution in [0.1, 0.15) is 47.4 Å². The molecule has 3 rings (SSSR count). The molecule has 0 spiro atoms. The lowest BCUT2D eigenvalue weighted by Gasteiger charge is -2.30. The van der Waals surface area contributed by atoms with Gasteiger partial charge in [0.1, 0.15) is 17.5 Å². The Bertz CT molecular complexity index is 780. The molecule has 6 heteroatoms. The van der Waals surface area contributed by atoms with Crippen molar-refractivity contribution in [2.45, 2.75) is 51.6 Å². The molecule has 1 heterocycles. The standard InChI is InChI=1S/C21H29N5O/c1-14-5-7-16(8-6-14)21(27)25-18-11-9-17(10-12-18)24-19-13-20(26(3)4)23-15(2)22-19/h5-8,13,17-18H,9-12H2,1-4H3,(H,25,27)(H,22,23,24). The van der Waals surface area contributed by atoms with E-state index in [1.54, 1.807) is 0 Å². The van der Waals surface area contributed by atoms with Crippen LogP contribution >= 0.6 is 0 Å². The average Bonchev–Trinajstić information content (AvgIpc) is 2.63. The predicted octanol–water partition coefficient (Wildman–Crippen LogP) is 3.31. The van der Waals surface area contributed by atoms with Gasteiger partial charge in [-0.25, -0.2) is 9.97 Å². The molecule has 0 radical (unpaired) electrons. The maximum atomic E-state index is 12.4. The maximum Gasteiger partial charge on any atom is 0.251 e. The van der Waals surface area contributed by atoms with Crippen molar-refractivity contribution in [1.82, 2.24) is 15.3 Å². The van der Waals surface area contributed by atoms with Crippen molar-refractivity contribution in [3.8, 4) is 0 Å². The first-order chi connectivity index (χ1) is 12.9. The van der Waals surface area contributed by atoms with E-state index >= 15 is 0 Å². The Balaban J connectivity index is 1.52. The number of hydrogen-bond acceptors (Lipinski definition) is 5. The summed E-state index contributed by atoms with van der Waals surface area (Å²) in [6.07, 6.45) is 3.97. The molecule has 0 aliphatic heterocycles. The summed E-state index contributed by atoms with van der Waals surface area (Å²) in [5, 5.41) is 6.71. The number of nitrogens with zero attached hydrogens (tertiary/aromatic N) is 3. The summed E-state index contributed by atoms with van der Waals surface area (Å²) in [6.45, 7) is 3.94. The van der Waals surface area contributed by atoms with Crippen molar-refractivity contribution in [2.75, 3.05) is 24.3 Å². The van der Waals surface area contributed by atoms with Crippen molar-refractivity contribution in [1.29, 1.82) is 0 Å². The number of aryl methyl sites for hydroxylation is 2. The molecule has 0 bridgehead atoms. The van der Waals surface area contributed by atoms with Crippen LogP contribution in [-0.2, 0) is 0 Å². The highest BCUT2D eigenvalue weighted by Crippen LogP contribution is 2.23. The second-order valence-corrected chi connectivity index (χ2v) is 7.59. The van der Waals surface area contributed by atoms with Crippen molar-refractivity contribution in [2.24, 2.45) is 0 Å². The van der Waals surface area contributed by atoms with Crippen molar-refractivity contribution in [3.05, 3.63) is 47.3 Å². The van der Waals surface area contributed by atoms with Crippen LogP contribution < -0.4 is 15.5 Å². The molecule has 1 aliphatic carbocycles. The third-order valence-electron chi connectivity index (χ3n) is 5.01. The molecule has 27 heavy (non-hydrogen) atoms. The highest BCUT2D eigenvalue weighted by Gasteiger charge is 2.23. The first-order valence-electron chi connectivity index (χ1n) is 9.58. The minimum absolute atomic E-state index is 0.0217. The summed E-state index contributed by atoms with van der Waals surface area (Å²) in [6, 6.07) is 10.3. The van der Waals surface area contributed by atoms with Crippen molar-refractivity contribution < 1.29 is 4.79 Å². The molecule has 0 saturated heterocycles. The summed E-state index contributed by atoms with van der Waals surface area (Å²) in [7, 11) is 3.96. The third-order valence-corrected chi connectivity index (χ3v) is 5.01. The van der Waals surface area contributed by atoms with Crippen molar-refractivity contribution in [3.63, 3.8) is 0 Å². The van der Waals surface area contributed by atoms with Crippen LogP contribution in [0.3, 0.4) is 0 Å². The fraction of sp³-hybridized carbons (Fsp3) is 0.476. The van der Waals surface area contributed by atoms with Crippen LogP contribution in [-0.4, -0.2) is 42.1 Å². The van der Waals surface area contributed by atoms with Crippen molar-refractivity contribution >= 4 is 17.5 Å². The van der Waals surface area contributed by atoms with E-state index < -0.39 is 0 Å². The Morgan fingerprint density at radius 3 is 2.26 bits per heavy atom. The number of carbonyl (C=O) groups excluding carboxylic acids is 1. The predicted molar refractivity (Wildman–Crippen MR) is 109 cm³/mol. The van der Waals surface area contributed by atoms with Crippen LogP contribution in [0.4, 0.5) is 11.6 Å². The molecular weight excluding hydrogens is 338 g/mol. The van der Waals surface area contributed by atoms with Crippen LogP contribution in [0, 0.1) is 13.8 Å². The molecule has 2 N–H and O–H groups in total. The van der Waals surface area contributed by atoms with E-state index in [0.717, 1.165) is 54.3 Å². The topological polar surface area (TPSA) is 70.2 Å². The van der Waals surface area contributed by atoms with E-state index in [9.17, 15) is 4.79 Å². The summed E-state index contributed by atoms with van der Waals surface area (Å²) in [4.78, 5) is 23.3. The quantitative estimate of drug-likeness (QED) is 0.848. The van der Waals surface area contributed by atoms with Gasteiger partial charge in [0.2, 0.25) is 0 Å². The number of anilines is 2. The van der Waals surface area contributed by atoms with E-state index in [2.05, 4.69) is 20.6 Å². The normalized spacial score (nSPS) is 19.4. The highest BCUT2D eigenvalue weighted by atomic mass is 16.1. The van der Waals surface area contributed by atoms with Crippen LogP contribution in [0.5, 0.6) is 0 Å². The zero-order chi connectivity index (χ0) is 19.4. The first-order valence-corrected chi connectivity index (χ1v) is 9.58. The summed E-state index contributed by atoms with van der Waals surface area (Å²) < 4.78 is 0. The maximum absolute atomic E-state index is 12.4. The zero-order valence-corrected chi connectivity index (χ0v) is 16.6. The molecule has 1 aliphatic rings. The Hall–Kier alpha value is -2.63. The van der Waals surface area contributed by atoms with E-state index in [-0.39, 0.29) is 11.9 Å². The van der Waals surface area contributed by atoms with Gasteiger partial charge in [0, 0.05) is 37.8 Å².